The molecule has 1 heterocycles. The molecule has 1 fully saturated rings. The fourth-order valence-corrected chi connectivity index (χ4v) is 0.891. The van der Waals surface area contributed by atoms with E-state index in [0.29, 0.717) is 0 Å². The number of rotatable bonds is 0. The minimum Gasteiger partial charge on any atom is -0.294 e. The average molecular weight is 99.2 g/mol. The predicted molar refractivity (Wildman–Crippen MR) is 29.5 cm³/mol. The van der Waals surface area contributed by atoms with E-state index in [1.54, 1.807) is 6.34 Å². The lowest BCUT2D eigenvalue weighted by molar-refractivity contribution is -0.502. The van der Waals surface area contributed by atoms with E-state index in [2.05, 4.69) is 4.58 Å². The van der Waals surface area contributed by atoms with Gasteiger partial charge in [-0.1, -0.05) is 0 Å². The summed E-state index contributed by atoms with van der Waals surface area (Å²) in [5.41, 5.74) is 5.23. The van der Waals surface area contributed by atoms with Gasteiger partial charge in [0, 0.05) is 0 Å². The lowest BCUT2D eigenvalue weighted by Gasteiger charge is -1.86. The second-order valence-corrected chi connectivity index (χ2v) is 1.89. The van der Waals surface area contributed by atoms with Gasteiger partial charge in [0.15, 0.2) is 0 Å². The Labute approximate surface area is 43.6 Å². The third-order valence-corrected chi connectivity index (χ3v) is 1.35. The fourth-order valence-electron chi connectivity index (χ4n) is 0.891. The molecule has 0 aliphatic carbocycles. The van der Waals surface area contributed by atoms with Gasteiger partial charge in [-0.25, -0.2) is 0 Å². The SMILES string of the molecule is NC=[N+]1CCCC1. The van der Waals surface area contributed by atoms with Crippen LogP contribution >= 0.6 is 0 Å². The van der Waals surface area contributed by atoms with E-state index >= 15 is 0 Å². The van der Waals surface area contributed by atoms with Crippen molar-refractivity contribution in [3.8, 4) is 0 Å². The molecule has 0 atom stereocenters. The van der Waals surface area contributed by atoms with Gasteiger partial charge in [-0.05, 0) is 12.8 Å². The number of hydrogen-bond acceptors (Lipinski definition) is 0. The maximum atomic E-state index is 5.23. The van der Waals surface area contributed by atoms with Gasteiger partial charge in [-0.2, -0.15) is 0 Å². The molecule has 40 valence electrons. The van der Waals surface area contributed by atoms with Gasteiger partial charge in [0.2, 0.25) is 6.34 Å². The van der Waals surface area contributed by atoms with Crippen LogP contribution in [0.25, 0.3) is 0 Å². The second kappa shape index (κ2) is 1.96. The molecule has 0 amide bonds. The summed E-state index contributed by atoms with van der Waals surface area (Å²) in [4.78, 5) is 0. The molecule has 0 aromatic rings. The van der Waals surface area contributed by atoms with Crippen molar-refractivity contribution < 1.29 is 4.58 Å². The minimum atomic E-state index is 1.16. The van der Waals surface area contributed by atoms with Crippen LogP contribution in [0.1, 0.15) is 12.8 Å². The van der Waals surface area contributed by atoms with Crippen LogP contribution in [-0.4, -0.2) is 24.0 Å². The van der Waals surface area contributed by atoms with E-state index in [4.69, 9.17) is 5.73 Å². The van der Waals surface area contributed by atoms with Crippen LogP contribution in [0.15, 0.2) is 0 Å². The van der Waals surface area contributed by atoms with Crippen molar-refractivity contribution in [1.29, 1.82) is 0 Å². The first-order valence-electron chi connectivity index (χ1n) is 2.72. The molecule has 7 heavy (non-hydrogen) atoms. The summed E-state index contributed by atoms with van der Waals surface area (Å²) in [6, 6.07) is 0. The Morgan fingerprint density at radius 3 is 2.14 bits per heavy atom. The van der Waals surface area contributed by atoms with Crippen LogP contribution in [0.3, 0.4) is 0 Å². The van der Waals surface area contributed by atoms with Crippen LogP contribution in [-0.2, 0) is 0 Å². The van der Waals surface area contributed by atoms with Crippen LogP contribution in [0.2, 0.25) is 0 Å². The quantitative estimate of drug-likeness (QED) is 0.330. The van der Waals surface area contributed by atoms with Crippen molar-refractivity contribution in [2.24, 2.45) is 5.73 Å². The van der Waals surface area contributed by atoms with E-state index in [0.717, 1.165) is 13.1 Å². The van der Waals surface area contributed by atoms with Gasteiger partial charge in [0.1, 0.15) is 0 Å². The summed E-state index contributed by atoms with van der Waals surface area (Å²) in [5.74, 6) is 0. The van der Waals surface area contributed by atoms with E-state index in [9.17, 15) is 0 Å². The van der Waals surface area contributed by atoms with Crippen molar-refractivity contribution in [1.82, 2.24) is 0 Å². The molecule has 2 heteroatoms. The minimum absolute atomic E-state index is 1.16. The first kappa shape index (κ1) is 4.62. The lowest BCUT2D eigenvalue weighted by Crippen LogP contribution is -2.12. The third-order valence-electron chi connectivity index (χ3n) is 1.35. The fraction of sp³-hybridized carbons (Fsp3) is 0.800. The molecule has 2 nitrogen and oxygen atoms in total. The van der Waals surface area contributed by atoms with E-state index in [1.807, 2.05) is 0 Å². The van der Waals surface area contributed by atoms with Gasteiger partial charge >= 0.3 is 0 Å². The largest absolute Gasteiger partial charge is 0.294 e. The monoisotopic (exact) mass is 99.1 g/mol. The Hall–Kier alpha value is -0.530. The Morgan fingerprint density at radius 1 is 1.29 bits per heavy atom. The zero-order valence-electron chi connectivity index (χ0n) is 4.43. The highest BCUT2D eigenvalue weighted by Crippen LogP contribution is 1.98. The maximum absolute atomic E-state index is 5.23. The average Bonchev–Trinajstić information content (AvgIpc) is 2.14. The Bertz CT molecular complexity index is 78.1. The van der Waals surface area contributed by atoms with Gasteiger partial charge in [0.05, 0.1) is 13.1 Å². The molecule has 1 aliphatic rings. The number of hydrogen-bond donors (Lipinski definition) is 1. The highest BCUT2D eigenvalue weighted by atomic mass is 15.0. The molecule has 0 unspecified atom stereocenters. The van der Waals surface area contributed by atoms with Crippen LogP contribution in [0, 0.1) is 0 Å². The number of nitrogens with two attached hydrogens (primary N) is 1. The molecular formula is C5H11N2+. The summed E-state index contributed by atoms with van der Waals surface area (Å²) >= 11 is 0. The molecule has 0 aromatic carbocycles. The Balaban J connectivity index is 2.41. The molecule has 0 radical (unpaired) electrons. The lowest BCUT2D eigenvalue weighted by atomic mass is 10.4. The van der Waals surface area contributed by atoms with Crippen LogP contribution < -0.4 is 5.73 Å². The highest BCUT2D eigenvalue weighted by Gasteiger charge is 2.05. The molecule has 1 rings (SSSR count). The smallest absolute Gasteiger partial charge is 0.229 e. The predicted octanol–water partition coefficient (Wildman–Crippen LogP) is -0.220. The molecule has 0 aromatic heterocycles. The van der Waals surface area contributed by atoms with Crippen molar-refractivity contribution in [2.75, 3.05) is 13.1 Å². The Kier molecular flexibility index (Phi) is 1.29. The summed E-state index contributed by atoms with van der Waals surface area (Å²) in [5, 5.41) is 0. The molecule has 0 bridgehead atoms. The van der Waals surface area contributed by atoms with Crippen molar-refractivity contribution in [3.63, 3.8) is 0 Å². The molecule has 2 N–H and O–H groups in total. The maximum Gasteiger partial charge on any atom is 0.229 e. The zero-order valence-corrected chi connectivity index (χ0v) is 4.43. The molecule has 1 saturated heterocycles. The van der Waals surface area contributed by atoms with Gasteiger partial charge in [-0.15, -0.1) is 0 Å². The summed E-state index contributed by atoms with van der Waals surface area (Å²) in [7, 11) is 0. The standard InChI is InChI=1S/C5H10N2/c6-5-7-3-1-2-4-7/h5-6H,1-4H2/p+1. The first-order chi connectivity index (χ1) is 3.43. The number of nitrogens with zero attached hydrogens (tertiary/aromatic N) is 1. The zero-order chi connectivity index (χ0) is 5.11. The molecular weight excluding hydrogens is 88.1 g/mol. The Morgan fingerprint density at radius 2 is 1.86 bits per heavy atom. The molecule has 0 spiro atoms. The summed E-state index contributed by atoms with van der Waals surface area (Å²) in [6.07, 6.45) is 4.30. The van der Waals surface area contributed by atoms with Crippen molar-refractivity contribution in [3.05, 3.63) is 0 Å². The summed E-state index contributed by atoms with van der Waals surface area (Å²) in [6.45, 7) is 2.33. The van der Waals surface area contributed by atoms with E-state index in [1.165, 1.54) is 12.8 Å². The van der Waals surface area contributed by atoms with Gasteiger partial charge in [-0.3, -0.25) is 10.3 Å². The molecule has 1 aliphatic heterocycles. The normalized spacial score (nSPS) is 20.3. The topological polar surface area (TPSA) is 29.0 Å². The van der Waals surface area contributed by atoms with Crippen molar-refractivity contribution >= 4 is 6.34 Å². The van der Waals surface area contributed by atoms with Crippen molar-refractivity contribution in [2.45, 2.75) is 12.8 Å². The highest BCUT2D eigenvalue weighted by molar-refractivity contribution is 5.44. The second-order valence-electron chi connectivity index (χ2n) is 1.89. The van der Waals surface area contributed by atoms with E-state index < -0.39 is 0 Å². The van der Waals surface area contributed by atoms with Gasteiger partial charge < -0.3 is 0 Å². The third kappa shape index (κ3) is 0.918. The van der Waals surface area contributed by atoms with Crippen LogP contribution in [0.4, 0.5) is 0 Å². The van der Waals surface area contributed by atoms with Crippen LogP contribution in [0.5, 0.6) is 0 Å². The van der Waals surface area contributed by atoms with Gasteiger partial charge in [0.25, 0.3) is 0 Å². The summed E-state index contributed by atoms with van der Waals surface area (Å²) < 4.78 is 2.14. The van der Waals surface area contributed by atoms with E-state index in [-0.39, 0.29) is 0 Å². The molecule has 0 saturated carbocycles. The first-order valence-corrected chi connectivity index (χ1v) is 2.72.